The lowest BCUT2D eigenvalue weighted by Gasteiger charge is -2.23. The highest BCUT2D eigenvalue weighted by Gasteiger charge is 2.21. The predicted molar refractivity (Wildman–Crippen MR) is 74.8 cm³/mol. The molecule has 3 rings (SSSR count). The van der Waals surface area contributed by atoms with Crippen LogP contribution in [0, 0.1) is 0 Å². The van der Waals surface area contributed by atoms with Crippen LogP contribution in [-0.4, -0.2) is 11.9 Å². The smallest absolute Gasteiger partial charge is 0.252 e. The Hall–Kier alpha value is -1.87. The molecule has 0 fully saturated rings. The Morgan fingerprint density at radius 1 is 1.22 bits per heavy atom. The molecule has 1 aliphatic heterocycles. The van der Waals surface area contributed by atoms with E-state index in [1.165, 1.54) is 4.88 Å². The van der Waals surface area contributed by atoms with Crippen molar-refractivity contribution in [2.45, 2.75) is 12.5 Å². The van der Waals surface area contributed by atoms with Crippen molar-refractivity contribution in [2.24, 2.45) is 0 Å². The number of rotatable bonds is 2. The first-order valence-corrected chi connectivity index (χ1v) is 6.81. The molecular formula is C15H13NOS. The number of fused-ring (bicyclic) bond motifs is 1. The number of nitrogens with one attached hydrogen (secondary N) is 1. The third-order valence-electron chi connectivity index (χ3n) is 3.05. The molecule has 1 atom stereocenters. The summed E-state index contributed by atoms with van der Waals surface area (Å²) in [6, 6.07) is 12.0. The molecule has 2 heterocycles. The summed E-state index contributed by atoms with van der Waals surface area (Å²) >= 11 is 1.70. The van der Waals surface area contributed by atoms with Gasteiger partial charge in [0.25, 0.3) is 5.91 Å². The Morgan fingerprint density at radius 3 is 2.94 bits per heavy atom. The summed E-state index contributed by atoms with van der Waals surface area (Å²) in [5.74, 6) is 0.0256. The molecule has 0 saturated heterocycles. The highest BCUT2D eigenvalue weighted by molar-refractivity contribution is 7.10. The second-order valence-corrected chi connectivity index (χ2v) is 5.30. The van der Waals surface area contributed by atoms with Crippen LogP contribution in [0.2, 0.25) is 0 Å². The molecule has 1 aromatic heterocycles. The minimum Gasteiger partial charge on any atom is -0.345 e. The van der Waals surface area contributed by atoms with Crippen molar-refractivity contribution in [3.8, 4) is 0 Å². The van der Waals surface area contributed by atoms with E-state index < -0.39 is 0 Å². The third kappa shape index (κ3) is 2.22. The van der Waals surface area contributed by atoms with Crippen LogP contribution in [0.25, 0.3) is 6.08 Å². The summed E-state index contributed by atoms with van der Waals surface area (Å²) in [6.07, 6.45) is 5.01. The topological polar surface area (TPSA) is 29.1 Å². The first kappa shape index (κ1) is 11.2. The van der Waals surface area contributed by atoms with Crippen LogP contribution < -0.4 is 5.32 Å². The van der Waals surface area contributed by atoms with Gasteiger partial charge in [0.1, 0.15) is 0 Å². The van der Waals surface area contributed by atoms with Crippen LogP contribution in [0.5, 0.6) is 0 Å². The Balaban J connectivity index is 1.80. The molecule has 1 N–H and O–H groups in total. The predicted octanol–water partition coefficient (Wildman–Crippen LogP) is 3.12. The van der Waals surface area contributed by atoms with E-state index in [4.69, 9.17) is 0 Å². The number of carbonyl (C=O) groups is 1. The molecule has 90 valence electrons. The second-order valence-electron chi connectivity index (χ2n) is 4.32. The first-order valence-electron chi connectivity index (χ1n) is 5.93. The maximum Gasteiger partial charge on any atom is 0.252 e. The molecule has 1 amide bonds. The molecule has 1 aliphatic rings. The van der Waals surface area contributed by atoms with Gasteiger partial charge in [0, 0.05) is 10.4 Å². The highest BCUT2D eigenvalue weighted by atomic mass is 32.1. The Bertz CT molecular complexity index is 586. The lowest BCUT2D eigenvalue weighted by molar-refractivity contribution is 0.0934. The molecule has 2 nitrogen and oxygen atoms in total. The summed E-state index contributed by atoms with van der Waals surface area (Å²) < 4.78 is 0. The second kappa shape index (κ2) is 4.78. The zero-order valence-electron chi connectivity index (χ0n) is 9.80. The van der Waals surface area contributed by atoms with Crippen molar-refractivity contribution in [1.82, 2.24) is 5.32 Å². The van der Waals surface area contributed by atoms with E-state index in [0.717, 1.165) is 17.5 Å². The van der Waals surface area contributed by atoms with Crippen molar-refractivity contribution in [3.05, 3.63) is 63.9 Å². The van der Waals surface area contributed by atoms with E-state index in [2.05, 4.69) is 28.9 Å². The molecule has 0 saturated carbocycles. The first-order chi connectivity index (χ1) is 8.83. The van der Waals surface area contributed by atoms with E-state index >= 15 is 0 Å². The molecule has 0 aliphatic carbocycles. The van der Waals surface area contributed by atoms with Crippen LogP contribution in [0.3, 0.4) is 0 Å². The highest BCUT2D eigenvalue weighted by Crippen LogP contribution is 2.18. The summed E-state index contributed by atoms with van der Waals surface area (Å²) in [4.78, 5) is 13.1. The lowest BCUT2D eigenvalue weighted by Crippen LogP contribution is -2.39. The Labute approximate surface area is 110 Å². The van der Waals surface area contributed by atoms with Gasteiger partial charge >= 0.3 is 0 Å². The van der Waals surface area contributed by atoms with Gasteiger partial charge in [-0.1, -0.05) is 30.3 Å². The summed E-state index contributed by atoms with van der Waals surface area (Å²) in [6.45, 7) is 0. The zero-order chi connectivity index (χ0) is 12.4. The normalized spacial score (nSPS) is 18.7. The molecule has 18 heavy (non-hydrogen) atoms. The van der Waals surface area contributed by atoms with Gasteiger partial charge in [-0.3, -0.25) is 4.79 Å². The Kier molecular flexibility index (Phi) is 2.99. The number of thiophene rings is 1. The quantitative estimate of drug-likeness (QED) is 0.877. The van der Waals surface area contributed by atoms with Gasteiger partial charge in [-0.15, -0.1) is 11.3 Å². The van der Waals surface area contributed by atoms with Gasteiger partial charge in [0.15, 0.2) is 0 Å². The minimum atomic E-state index is 0.0256. The average molecular weight is 255 g/mol. The molecule has 0 unspecified atom stereocenters. The molecular weight excluding hydrogens is 242 g/mol. The van der Waals surface area contributed by atoms with Crippen LogP contribution in [0.1, 0.15) is 20.8 Å². The maximum atomic E-state index is 11.9. The largest absolute Gasteiger partial charge is 0.345 e. The molecule has 3 heteroatoms. The summed E-state index contributed by atoms with van der Waals surface area (Å²) in [7, 11) is 0. The van der Waals surface area contributed by atoms with E-state index in [9.17, 15) is 4.79 Å². The van der Waals surface area contributed by atoms with Crippen LogP contribution in [0.15, 0.2) is 47.9 Å². The van der Waals surface area contributed by atoms with Gasteiger partial charge in [-0.2, -0.15) is 0 Å². The summed E-state index contributed by atoms with van der Waals surface area (Å²) in [5.41, 5.74) is 1.93. The Morgan fingerprint density at radius 2 is 2.11 bits per heavy atom. The zero-order valence-corrected chi connectivity index (χ0v) is 10.6. The minimum absolute atomic E-state index is 0.0256. The van der Waals surface area contributed by atoms with Gasteiger partial charge in [0.2, 0.25) is 0 Å². The van der Waals surface area contributed by atoms with E-state index in [1.54, 1.807) is 11.3 Å². The lowest BCUT2D eigenvalue weighted by atomic mass is 9.95. The number of carbonyl (C=O) groups excluding carboxylic acids is 1. The third-order valence-corrected chi connectivity index (χ3v) is 3.89. The van der Waals surface area contributed by atoms with Crippen molar-refractivity contribution >= 4 is 23.3 Å². The summed E-state index contributed by atoms with van der Waals surface area (Å²) in [5, 5.41) is 5.06. The molecule has 0 bridgehead atoms. The fourth-order valence-electron chi connectivity index (χ4n) is 2.17. The molecule has 0 radical (unpaired) electrons. The molecule has 1 aromatic carbocycles. The number of amides is 1. The number of hydrogen-bond donors (Lipinski definition) is 1. The van der Waals surface area contributed by atoms with Crippen molar-refractivity contribution in [2.75, 3.05) is 0 Å². The van der Waals surface area contributed by atoms with Crippen molar-refractivity contribution in [1.29, 1.82) is 0 Å². The van der Waals surface area contributed by atoms with Gasteiger partial charge in [-0.05, 0) is 35.6 Å². The van der Waals surface area contributed by atoms with Gasteiger partial charge in [-0.25, -0.2) is 0 Å². The van der Waals surface area contributed by atoms with Crippen LogP contribution in [-0.2, 0) is 6.42 Å². The van der Waals surface area contributed by atoms with Crippen molar-refractivity contribution < 1.29 is 4.79 Å². The monoisotopic (exact) mass is 255 g/mol. The number of benzene rings is 1. The van der Waals surface area contributed by atoms with Gasteiger partial charge < -0.3 is 5.32 Å². The van der Waals surface area contributed by atoms with E-state index in [0.29, 0.717) is 0 Å². The number of hydrogen-bond acceptors (Lipinski definition) is 2. The standard InChI is InChI=1S/C15H13NOS/c17-15-14-6-2-1-4-11(14)10-12(16-15)7-8-13-5-3-9-18-13/h1-9,12H,10H2,(H,16,17)/b8-7+/t12-/m0/s1. The molecule has 0 spiro atoms. The fraction of sp³-hybridized carbons (Fsp3) is 0.133. The van der Waals surface area contributed by atoms with Gasteiger partial charge in [0.05, 0.1) is 6.04 Å². The maximum absolute atomic E-state index is 11.9. The van der Waals surface area contributed by atoms with E-state index in [-0.39, 0.29) is 11.9 Å². The average Bonchev–Trinajstić information content (AvgIpc) is 2.90. The SMILES string of the molecule is O=C1N[C@@H](/C=C/c2cccs2)Cc2ccccc21. The van der Waals surface area contributed by atoms with Crippen LogP contribution in [0.4, 0.5) is 0 Å². The fourth-order valence-corrected chi connectivity index (χ4v) is 2.80. The molecule has 2 aromatic rings. The van der Waals surface area contributed by atoms with Crippen molar-refractivity contribution in [3.63, 3.8) is 0 Å². The van der Waals surface area contributed by atoms with E-state index in [1.807, 2.05) is 30.3 Å². The van der Waals surface area contributed by atoms with Crippen LogP contribution >= 0.6 is 11.3 Å².